The number of esters is 1. The highest BCUT2D eigenvalue weighted by Gasteiger charge is 2.13. The zero-order valence-electron chi connectivity index (χ0n) is 15.6. The van der Waals surface area contributed by atoms with E-state index in [4.69, 9.17) is 4.74 Å². The second-order valence-electron chi connectivity index (χ2n) is 6.45. The number of carbonyl (C=O) groups is 1. The van der Waals surface area contributed by atoms with E-state index in [2.05, 4.69) is 28.5 Å². The van der Waals surface area contributed by atoms with Gasteiger partial charge in [0.2, 0.25) is 0 Å². The van der Waals surface area contributed by atoms with Crippen molar-refractivity contribution < 1.29 is 9.53 Å². The summed E-state index contributed by atoms with van der Waals surface area (Å²) >= 11 is 0. The van der Waals surface area contributed by atoms with Crippen LogP contribution in [0.1, 0.15) is 15.9 Å². The minimum Gasteiger partial charge on any atom is -0.465 e. The van der Waals surface area contributed by atoms with E-state index < -0.39 is 0 Å². The first-order valence-corrected chi connectivity index (χ1v) is 8.94. The van der Waals surface area contributed by atoms with Gasteiger partial charge in [0.25, 0.3) is 0 Å². The Bertz CT molecular complexity index is 1150. The second kappa shape index (κ2) is 7.48. The predicted octanol–water partition coefficient (Wildman–Crippen LogP) is 5.14. The largest absolute Gasteiger partial charge is 0.465 e. The van der Waals surface area contributed by atoms with Crippen molar-refractivity contribution in [2.24, 2.45) is 0 Å². The molecule has 0 unspecified atom stereocenters. The van der Waals surface area contributed by atoms with E-state index in [0.717, 1.165) is 33.3 Å². The Morgan fingerprint density at radius 2 is 1.54 bits per heavy atom. The summed E-state index contributed by atoms with van der Waals surface area (Å²) in [6.07, 6.45) is 0. The molecule has 138 valence electrons. The molecule has 0 bridgehead atoms. The molecule has 5 nitrogen and oxygen atoms in total. The number of rotatable bonds is 4. The van der Waals surface area contributed by atoms with Crippen molar-refractivity contribution in [3.63, 3.8) is 0 Å². The van der Waals surface area contributed by atoms with E-state index >= 15 is 0 Å². The second-order valence-corrected chi connectivity index (χ2v) is 6.45. The minimum absolute atomic E-state index is 0.361. The number of ether oxygens (including phenoxy) is 1. The fourth-order valence-corrected chi connectivity index (χ4v) is 3.13. The van der Waals surface area contributed by atoms with Crippen LogP contribution in [0, 0.1) is 6.92 Å². The monoisotopic (exact) mass is 369 g/mol. The molecule has 0 radical (unpaired) electrons. The van der Waals surface area contributed by atoms with Crippen LogP contribution in [-0.4, -0.2) is 23.3 Å². The zero-order chi connectivity index (χ0) is 19.5. The molecule has 0 aliphatic heterocycles. The van der Waals surface area contributed by atoms with Crippen molar-refractivity contribution in [3.8, 4) is 11.3 Å². The van der Waals surface area contributed by atoms with Crippen molar-refractivity contribution in [1.82, 2.24) is 10.2 Å². The van der Waals surface area contributed by atoms with Crippen molar-refractivity contribution in [3.05, 3.63) is 83.9 Å². The number of hydrogen-bond acceptors (Lipinski definition) is 5. The molecule has 4 rings (SSSR count). The fourth-order valence-electron chi connectivity index (χ4n) is 3.13. The van der Waals surface area contributed by atoms with E-state index in [1.807, 2.05) is 54.6 Å². The summed E-state index contributed by atoms with van der Waals surface area (Å²) in [5, 5.41) is 14.3. The molecule has 3 aromatic carbocycles. The van der Waals surface area contributed by atoms with Crippen LogP contribution in [0.25, 0.3) is 22.0 Å². The number of nitrogens with one attached hydrogen (secondary N) is 1. The van der Waals surface area contributed by atoms with Crippen LogP contribution >= 0.6 is 0 Å². The van der Waals surface area contributed by atoms with Gasteiger partial charge in [-0.3, -0.25) is 0 Å². The van der Waals surface area contributed by atoms with Gasteiger partial charge in [0.15, 0.2) is 5.82 Å². The molecule has 28 heavy (non-hydrogen) atoms. The molecule has 0 spiro atoms. The topological polar surface area (TPSA) is 64.1 Å². The molecule has 1 aromatic heterocycles. The molecule has 0 aliphatic rings. The summed E-state index contributed by atoms with van der Waals surface area (Å²) in [5.41, 5.74) is 4.29. The summed E-state index contributed by atoms with van der Waals surface area (Å²) in [4.78, 5) is 11.7. The smallest absolute Gasteiger partial charge is 0.337 e. The van der Waals surface area contributed by atoms with E-state index in [1.54, 1.807) is 12.1 Å². The van der Waals surface area contributed by atoms with Gasteiger partial charge in [-0.1, -0.05) is 54.6 Å². The molecule has 0 aliphatic carbocycles. The molecule has 5 heteroatoms. The number of nitrogens with zero attached hydrogens (tertiary/aromatic N) is 2. The maximum absolute atomic E-state index is 11.7. The highest BCUT2D eigenvalue weighted by molar-refractivity contribution is 6.01. The van der Waals surface area contributed by atoms with E-state index in [0.29, 0.717) is 11.4 Å². The molecule has 1 N–H and O–H groups in total. The minimum atomic E-state index is -0.361. The van der Waals surface area contributed by atoms with Crippen molar-refractivity contribution in [2.75, 3.05) is 12.4 Å². The maximum Gasteiger partial charge on any atom is 0.337 e. The van der Waals surface area contributed by atoms with E-state index in [9.17, 15) is 4.79 Å². The number of carbonyl (C=O) groups excluding carboxylic acids is 1. The Labute approximate surface area is 163 Å². The number of aryl methyl sites for hydroxylation is 1. The third-order valence-electron chi connectivity index (χ3n) is 4.66. The summed E-state index contributed by atoms with van der Waals surface area (Å²) in [6, 6.07) is 23.3. The van der Waals surface area contributed by atoms with E-state index in [1.165, 1.54) is 7.11 Å². The summed E-state index contributed by atoms with van der Waals surface area (Å²) in [7, 11) is 1.37. The lowest BCUT2D eigenvalue weighted by Gasteiger charge is -2.12. The Morgan fingerprint density at radius 1 is 0.857 bits per heavy atom. The van der Waals surface area contributed by atoms with Crippen molar-refractivity contribution in [2.45, 2.75) is 6.92 Å². The number of aromatic nitrogens is 2. The Hall–Kier alpha value is -3.73. The third-order valence-corrected chi connectivity index (χ3v) is 4.66. The molecule has 0 saturated heterocycles. The molecule has 4 aromatic rings. The van der Waals surface area contributed by atoms with Crippen molar-refractivity contribution >= 4 is 28.2 Å². The van der Waals surface area contributed by atoms with Gasteiger partial charge in [-0.15, -0.1) is 10.2 Å². The van der Waals surface area contributed by atoms with Crippen molar-refractivity contribution in [1.29, 1.82) is 0 Å². The van der Waals surface area contributed by atoms with Crippen LogP contribution in [0.3, 0.4) is 0 Å². The van der Waals surface area contributed by atoms with Crippen LogP contribution in [0.15, 0.2) is 72.8 Å². The van der Waals surface area contributed by atoms with Gasteiger partial charge in [-0.05, 0) is 30.7 Å². The van der Waals surface area contributed by atoms with Crippen LogP contribution in [0.2, 0.25) is 0 Å². The van der Waals surface area contributed by atoms with Gasteiger partial charge in [0, 0.05) is 22.0 Å². The van der Waals surface area contributed by atoms with Crippen LogP contribution < -0.4 is 5.32 Å². The predicted molar refractivity (Wildman–Crippen MR) is 111 cm³/mol. The zero-order valence-corrected chi connectivity index (χ0v) is 15.6. The third kappa shape index (κ3) is 3.30. The van der Waals surface area contributed by atoms with Gasteiger partial charge in [0.1, 0.15) is 5.69 Å². The Balaban J connectivity index is 1.78. The molecular formula is C23H19N3O2. The molecule has 0 saturated carbocycles. The van der Waals surface area contributed by atoms with E-state index in [-0.39, 0.29) is 5.97 Å². The van der Waals surface area contributed by atoms with Crippen LogP contribution in [-0.2, 0) is 4.74 Å². The number of fused-ring (bicyclic) bond motifs is 1. The quantitative estimate of drug-likeness (QED) is 0.505. The number of anilines is 2. The first kappa shape index (κ1) is 17.7. The highest BCUT2D eigenvalue weighted by atomic mass is 16.5. The molecular weight excluding hydrogens is 350 g/mol. The van der Waals surface area contributed by atoms with Gasteiger partial charge in [-0.25, -0.2) is 4.79 Å². The first-order chi connectivity index (χ1) is 13.7. The normalized spacial score (nSPS) is 10.6. The summed E-state index contributed by atoms with van der Waals surface area (Å²) in [5.74, 6) is 0.347. The number of methoxy groups -OCH3 is 1. The lowest BCUT2D eigenvalue weighted by molar-refractivity contribution is 0.0601. The lowest BCUT2D eigenvalue weighted by Crippen LogP contribution is -2.02. The SMILES string of the molecule is COC(=O)c1ccc(-c2nnc(Nc3ccccc3C)c3ccccc23)cc1. The fraction of sp³-hybridized carbons (Fsp3) is 0.0870. The summed E-state index contributed by atoms with van der Waals surface area (Å²) < 4.78 is 4.76. The molecule has 0 atom stereocenters. The van der Waals surface area contributed by atoms with Gasteiger partial charge in [0.05, 0.1) is 12.7 Å². The lowest BCUT2D eigenvalue weighted by atomic mass is 10.0. The Morgan fingerprint density at radius 3 is 2.25 bits per heavy atom. The Kier molecular flexibility index (Phi) is 4.72. The number of benzene rings is 3. The molecule has 0 amide bonds. The number of hydrogen-bond donors (Lipinski definition) is 1. The van der Waals surface area contributed by atoms with Gasteiger partial charge >= 0.3 is 5.97 Å². The summed E-state index contributed by atoms with van der Waals surface area (Å²) in [6.45, 7) is 2.05. The number of para-hydroxylation sites is 1. The standard InChI is InChI=1S/C23H19N3O2/c1-15-7-3-6-10-20(15)24-22-19-9-5-4-8-18(19)21(25-26-22)16-11-13-17(14-12-16)23(27)28-2/h3-14H,1-2H3,(H,24,26). The maximum atomic E-state index is 11.7. The van der Waals surface area contributed by atoms with Crippen LogP contribution in [0.4, 0.5) is 11.5 Å². The average molecular weight is 369 g/mol. The average Bonchev–Trinajstić information content (AvgIpc) is 2.75. The highest BCUT2D eigenvalue weighted by Crippen LogP contribution is 2.31. The molecule has 0 fully saturated rings. The van der Waals surface area contributed by atoms with Gasteiger partial charge < -0.3 is 10.1 Å². The van der Waals surface area contributed by atoms with Crippen LogP contribution in [0.5, 0.6) is 0 Å². The van der Waals surface area contributed by atoms with Gasteiger partial charge in [-0.2, -0.15) is 0 Å². The molecule has 1 heterocycles. The first-order valence-electron chi connectivity index (χ1n) is 8.94.